The van der Waals surface area contributed by atoms with Crippen molar-refractivity contribution < 1.29 is 19.1 Å². The summed E-state index contributed by atoms with van der Waals surface area (Å²) in [6.07, 6.45) is 7.30. The largest absolute Gasteiger partial charge is 0.462 e. The van der Waals surface area contributed by atoms with Crippen LogP contribution in [0.25, 0.3) is 0 Å². The normalized spacial score (nSPS) is 24.9. The van der Waals surface area contributed by atoms with Crippen LogP contribution in [0.5, 0.6) is 0 Å². The molecule has 0 aromatic heterocycles. The molecule has 2 aliphatic rings. The Morgan fingerprint density at radius 3 is 2.61 bits per heavy atom. The van der Waals surface area contributed by atoms with Crippen LogP contribution in [-0.4, -0.2) is 37.2 Å². The van der Waals surface area contributed by atoms with E-state index in [9.17, 15) is 9.59 Å². The van der Waals surface area contributed by atoms with Gasteiger partial charge in [-0.25, -0.2) is 4.79 Å². The molecule has 1 unspecified atom stereocenters. The fraction of sp³-hybridized carbons (Fsp3) is 0.846. The maximum absolute atomic E-state index is 11.5. The van der Waals surface area contributed by atoms with Gasteiger partial charge >= 0.3 is 5.97 Å². The van der Waals surface area contributed by atoms with E-state index in [0.29, 0.717) is 25.6 Å². The summed E-state index contributed by atoms with van der Waals surface area (Å²) in [6.45, 7) is 0.735. The Morgan fingerprint density at radius 1 is 1.17 bits per heavy atom. The Hall–Kier alpha value is -1.10. The number of esters is 1. The molecule has 1 aliphatic heterocycles. The molecular weight excluding hydrogens is 234 g/mol. The molecule has 1 saturated heterocycles. The fourth-order valence-electron chi connectivity index (χ4n) is 2.48. The van der Waals surface area contributed by atoms with Crippen LogP contribution >= 0.6 is 0 Å². The van der Waals surface area contributed by atoms with Crippen LogP contribution in [0.4, 0.5) is 0 Å². The summed E-state index contributed by atoms with van der Waals surface area (Å²) in [5.41, 5.74) is 0. The van der Waals surface area contributed by atoms with Gasteiger partial charge in [0, 0.05) is 6.42 Å². The van der Waals surface area contributed by atoms with Gasteiger partial charge in [-0.3, -0.25) is 4.79 Å². The lowest BCUT2D eigenvalue weighted by atomic mass is 9.98. The van der Waals surface area contributed by atoms with Crippen LogP contribution in [0.1, 0.15) is 44.9 Å². The van der Waals surface area contributed by atoms with E-state index >= 15 is 0 Å². The molecule has 1 N–H and O–H groups in total. The quantitative estimate of drug-likeness (QED) is 0.591. The molecule has 0 spiro atoms. The van der Waals surface area contributed by atoms with Crippen molar-refractivity contribution in [1.29, 1.82) is 0 Å². The highest BCUT2D eigenvalue weighted by Gasteiger charge is 2.28. The molecule has 0 aromatic carbocycles. The summed E-state index contributed by atoms with van der Waals surface area (Å²) in [7, 11) is 0. The molecule has 0 radical (unpaired) electrons. The first-order chi connectivity index (χ1) is 8.75. The van der Waals surface area contributed by atoms with Gasteiger partial charge in [-0.15, -0.1) is 0 Å². The average Bonchev–Trinajstić information content (AvgIpc) is 2.82. The molecule has 5 nitrogen and oxygen atoms in total. The number of amides is 1. The molecule has 1 heterocycles. The highest BCUT2D eigenvalue weighted by molar-refractivity contribution is 5.87. The molecule has 1 atom stereocenters. The first-order valence-electron chi connectivity index (χ1n) is 6.83. The predicted octanol–water partition coefficient (Wildman–Crippen LogP) is 1.16. The third-order valence-corrected chi connectivity index (χ3v) is 3.51. The second-order valence-corrected chi connectivity index (χ2v) is 4.96. The van der Waals surface area contributed by atoms with Crippen molar-refractivity contribution in [2.24, 2.45) is 0 Å². The van der Waals surface area contributed by atoms with Gasteiger partial charge in [0.25, 0.3) is 0 Å². The van der Waals surface area contributed by atoms with Crippen molar-refractivity contribution in [3.8, 4) is 0 Å². The standard InChI is InChI=1S/C13H21NO4/c15-12-7-6-11(14-12)13(16)18-9-8-17-10-4-2-1-3-5-10/h10-11H,1-9H2,(H,14,15). The van der Waals surface area contributed by atoms with Gasteiger partial charge in [0.2, 0.25) is 5.91 Å². The first-order valence-corrected chi connectivity index (χ1v) is 6.83. The van der Waals surface area contributed by atoms with Gasteiger partial charge in [-0.1, -0.05) is 19.3 Å². The lowest BCUT2D eigenvalue weighted by Gasteiger charge is -2.22. The zero-order valence-electron chi connectivity index (χ0n) is 10.7. The first kappa shape index (κ1) is 13.3. The van der Waals surface area contributed by atoms with E-state index in [0.717, 1.165) is 12.8 Å². The van der Waals surface area contributed by atoms with Gasteiger partial charge < -0.3 is 14.8 Å². The van der Waals surface area contributed by atoms with Crippen molar-refractivity contribution in [2.45, 2.75) is 57.1 Å². The number of hydrogen-bond donors (Lipinski definition) is 1. The summed E-state index contributed by atoms with van der Waals surface area (Å²) in [5, 5.41) is 2.59. The summed E-state index contributed by atoms with van der Waals surface area (Å²) >= 11 is 0. The zero-order valence-corrected chi connectivity index (χ0v) is 10.7. The molecule has 18 heavy (non-hydrogen) atoms. The maximum atomic E-state index is 11.5. The molecule has 102 valence electrons. The molecule has 5 heteroatoms. The molecule has 2 fully saturated rings. The SMILES string of the molecule is O=C1CCC(C(=O)OCCOC2CCCCC2)N1. The van der Waals surface area contributed by atoms with Gasteiger partial charge in [0.05, 0.1) is 12.7 Å². The Morgan fingerprint density at radius 2 is 1.94 bits per heavy atom. The van der Waals surface area contributed by atoms with Crippen LogP contribution in [-0.2, 0) is 19.1 Å². The number of hydrogen-bond acceptors (Lipinski definition) is 4. The van der Waals surface area contributed by atoms with Crippen LogP contribution < -0.4 is 5.32 Å². The van der Waals surface area contributed by atoms with Gasteiger partial charge in [0.1, 0.15) is 12.6 Å². The third-order valence-electron chi connectivity index (χ3n) is 3.51. The minimum absolute atomic E-state index is 0.0737. The van der Waals surface area contributed by atoms with Crippen LogP contribution in [0, 0.1) is 0 Å². The lowest BCUT2D eigenvalue weighted by molar-refractivity contribution is -0.148. The third kappa shape index (κ3) is 3.98. The second kappa shape index (κ2) is 6.73. The summed E-state index contributed by atoms with van der Waals surface area (Å²) in [6, 6.07) is -0.452. The molecule has 2 rings (SSSR count). The van der Waals surface area contributed by atoms with E-state index in [4.69, 9.17) is 9.47 Å². The minimum Gasteiger partial charge on any atom is -0.462 e. The maximum Gasteiger partial charge on any atom is 0.328 e. The highest BCUT2D eigenvalue weighted by atomic mass is 16.6. The Bertz CT molecular complexity index is 299. The van der Waals surface area contributed by atoms with Gasteiger partial charge in [-0.05, 0) is 19.3 Å². The predicted molar refractivity (Wildman–Crippen MR) is 64.9 cm³/mol. The Labute approximate surface area is 107 Å². The van der Waals surface area contributed by atoms with Gasteiger partial charge in [-0.2, -0.15) is 0 Å². The monoisotopic (exact) mass is 255 g/mol. The van der Waals surface area contributed by atoms with Gasteiger partial charge in [0.15, 0.2) is 0 Å². The number of nitrogens with one attached hydrogen (secondary N) is 1. The zero-order chi connectivity index (χ0) is 12.8. The van der Waals surface area contributed by atoms with Crippen molar-refractivity contribution >= 4 is 11.9 Å². The van der Waals surface area contributed by atoms with E-state index in [-0.39, 0.29) is 18.5 Å². The summed E-state index contributed by atoms with van der Waals surface area (Å²) in [5.74, 6) is -0.413. The van der Waals surface area contributed by atoms with Crippen LogP contribution in [0.3, 0.4) is 0 Å². The Balaban J connectivity index is 1.54. The average molecular weight is 255 g/mol. The van der Waals surface area contributed by atoms with E-state index < -0.39 is 6.04 Å². The molecule has 0 bridgehead atoms. The topological polar surface area (TPSA) is 64.6 Å². The number of ether oxygens (including phenoxy) is 2. The van der Waals surface area contributed by atoms with Crippen LogP contribution in [0.2, 0.25) is 0 Å². The smallest absolute Gasteiger partial charge is 0.328 e. The minimum atomic E-state index is -0.452. The van der Waals surface area contributed by atoms with Crippen molar-refractivity contribution in [3.63, 3.8) is 0 Å². The Kier molecular flexibility index (Phi) is 4.99. The molecule has 0 aromatic rings. The van der Waals surface area contributed by atoms with Crippen LogP contribution in [0.15, 0.2) is 0 Å². The van der Waals surface area contributed by atoms with Crippen molar-refractivity contribution in [1.82, 2.24) is 5.32 Å². The number of carbonyl (C=O) groups is 2. The molecular formula is C13H21NO4. The van der Waals surface area contributed by atoms with E-state index in [1.807, 2.05) is 0 Å². The molecule has 1 amide bonds. The highest BCUT2D eigenvalue weighted by Crippen LogP contribution is 2.20. The summed E-state index contributed by atoms with van der Waals surface area (Å²) in [4.78, 5) is 22.5. The number of rotatable bonds is 5. The van der Waals surface area contributed by atoms with E-state index in [1.54, 1.807) is 0 Å². The van der Waals surface area contributed by atoms with Crippen molar-refractivity contribution in [3.05, 3.63) is 0 Å². The van der Waals surface area contributed by atoms with E-state index in [2.05, 4.69) is 5.32 Å². The van der Waals surface area contributed by atoms with Crippen molar-refractivity contribution in [2.75, 3.05) is 13.2 Å². The second-order valence-electron chi connectivity index (χ2n) is 4.96. The van der Waals surface area contributed by atoms with E-state index in [1.165, 1.54) is 19.3 Å². The fourth-order valence-corrected chi connectivity index (χ4v) is 2.48. The number of carbonyl (C=O) groups excluding carboxylic acids is 2. The lowest BCUT2D eigenvalue weighted by Crippen LogP contribution is -2.35. The summed E-state index contributed by atoms with van der Waals surface area (Å²) < 4.78 is 10.7. The molecule has 1 aliphatic carbocycles. The molecule has 1 saturated carbocycles.